The second kappa shape index (κ2) is 7.05. The van der Waals surface area contributed by atoms with E-state index in [0.717, 1.165) is 31.3 Å². The van der Waals surface area contributed by atoms with Gasteiger partial charge in [-0.1, -0.05) is 73.2 Å². The molecule has 1 unspecified atom stereocenters. The van der Waals surface area contributed by atoms with E-state index in [1.807, 2.05) is 0 Å². The molecule has 28 heavy (non-hydrogen) atoms. The Bertz CT molecular complexity index is 1060. The lowest BCUT2D eigenvalue weighted by atomic mass is 9.92. The lowest BCUT2D eigenvalue weighted by Crippen LogP contribution is -1.98. The molecule has 0 heterocycles. The number of hydrogen-bond acceptors (Lipinski definition) is 0. The summed E-state index contributed by atoms with van der Waals surface area (Å²) in [6.45, 7) is 2.26. The summed E-state index contributed by atoms with van der Waals surface area (Å²) in [6.07, 6.45) is 12.9. The van der Waals surface area contributed by atoms with Gasteiger partial charge in [-0.3, -0.25) is 0 Å². The van der Waals surface area contributed by atoms with Gasteiger partial charge in [0.05, 0.1) is 0 Å². The number of rotatable bonds is 4. The molecule has 0 amide bonds. The van der Waals surface area contributed by atoms with Crippen LogP contribution in [0, 0.1) is 0 Å². The fraction of sp³-hybridized carbons (Fsp3) is 0.259. The van der Waals surface area contributed by atoms with E-state index in [1.54, 1.807) is 6.08 Å². The zero-order valence-electron chi connectivity index (χ0n) is 16.3. The molecule has 0 aliphatic heterocycles. The first-order chi connectivity index (χ1) is 13.7. The van der Waals surface area contributed by atoms with E-state index in [4.69, 9.17) is 0 Å². The van der Waals surface area contributed by atoms with Crippen LogP contribution in [0.1, 0.15) is 59.9 Å². The smallest absolute Gasteiger partial charge is 0.101 e. The monoisotopic (exact) mass is 368 g/mol. The van der Waals surface area contributed by atoms with Crippen LogP contribution in [0.4, 0.5) is 4.39 Å². The Kier molecular flexibility index (Phi) is 4.39. The van der Waals surface area contributed by atoms with Crippen molar-refractivity contribution in [1.29, 1.82) is 0 Å². The highest BCUT2D eigenvalue weighted by molar-refractivity contribution is 5.63. The molecule has 0 saturated heterocycles. The maximum Gasteiger partial charge on any atom is 0.101 e. The van der Waals surface area contributed by atoms with Crippen molar-refractivity contribution in [2.24, 2.45) is 0 Å². The molecule has 5 rings (SSSR count). The van der Waals surface area contributed by atoms with Crippen molar-refractivity contribution in [3.05, 3.63) is 111 Å². The van der Waals surface area contributed by atoms with Crippen LogP contribution < -0.4 is 0 Å². The standard InChI is InChI=1S/C27H25F/c1-18-5-7-22-8-6-21(16-26(18)22)14-19-3-2-4-20(13-19)15-24-10-9-23-11-12-25(28)17-27(23)24/h2-8,10,13,16-18H,9,11-12,14-15H2,1H3. The van der Waals surface area contributed by atoms with Gasteiger partial charge in [-0.2, -0.15) is 0 Å². The summed E-state index contributed by atoms with van der Waals surface area (Å²) in [5.41, 5.74) is 10.7. The molecule has 1 heteroatoms. The van der Waals surface area contributed by atoms with Crippen LogP contribution in [-0.4, -0.2) is 0 Å². The molecule has 1 atom stereocenters. The maximum absolute atomic E-state index is 13.8. The SMILES string of the molecule is CC1C=Cc2ccc(Cc3cccc(CC4=CCC5=C4C=C(F)CC5)c3)cc21. The van der Waals surface area contributed by atoms with Crippen LogP contribution >= 0.6 is 0 Å². The zero-order chi connectivity index (χ0) is 19.1. The summed E-state index contributed by atoms with van der Waals surface area (Å²) in [4.78, 5) is 0. The summed E-state index contributed by atoms with van der Waals surface area (Å²) in [7, 11) is 0. The second-order valence-corrected chi connectivity index (χ2v) is 8.33. The predicted octanol–water partition coefficient (Wildman–Crippen LogP) is 7.22. The van der Waals surface area contributed by atoms with Gasteiger partial charge in [-0.15, -0.1) is 0 Å². The molecular weight excluding hydrogens is 343 g/mol. The van der Waals surface area contributed by atoms with Gasteiger partial charge in [0.2, 0.25) is 0 Å². The van der Waals surface area contributed by atoms with E-state index in [-0.39, 0.29) is 5.83 Å². The molecule has 0 radical (unpaired) electrons. The van der Waals surface area contributed by atoms with E-state index in [9.17, 15) is 4.39 Å². The molecule has 140 valence electrons. The fourth-order valence-corrected chi connectivity index (χ4v) is 4.73. The quantitative estimate of drug-likeness (QED) is 0.534. The predicted molar refractivity (Wildman–Crippen MR) is 115 cm³/mol. The molecule has 0 spiro atoms. The Morgan fingerprint density at radius 3 is 2.68 bits per heavy atom. The van der Waals surface area contributed by atoms with E-state index < -0.39 is 0 Å². The number of benzene rings is 2. The summed E-state index contributed by atoms with van der Waals surface area (Å²) < 4.78 is 13.8. The van der Waals surface area contributed by atoms with E-state index >= 15 is 0 Å². The van der Waals surface area contributed by atoms with Crippen LogP contribution in [0.3, 0.4) is 0 Å². The second-order valence-electron chi connectivity index (χ2n) is 8.33. The minimum Gasteiger partial charge on any atom is -0.212 e. The van der Waals surface area contributed by atoms with E-state index in [2.05, 4.69) is 67.6 Å². The van der Waals surface area contributed by atoms with Gasteiger partial charge >= 0.3 is 0 Å². The number of halogens is 1. The molecule has 0 aromatic heterocycles. The molecule has 0 saturated carbocycles. The van der Waals surface area contributed by atoms with Gasteiger partial charge < -0.3 is 0 Å². The average molecular weight is 368 g/mol. The van der Waals surface area contributed by atoms with Crippen molar-refractivity contribution in [3.63, 3.8) is 0 Å². The highest BCUT2D eigenvalue weighted by Crippen LogP contribution is 2.37. The first-order valence-electron chi connectivity index (χ1n) is 10.3. The Labute approximate surface area is 166 Å². The van der Waals surface area contributed by atoms with Crippen molar-refractivity contribution < 1.29 is 4.39 Å². The third-order valence-electron chi connectivity index (χ3n) is 6.29. The molecule has 2 aromatic rings. The summed E-state index contributed by atoms with van der Waals surface area (Å²) in [5.74, 6) is 0.544. The van der Waals surface area contributed by atoms with Gasteiger partial charge in [-0.25, -0.2) is 4.39 Å². The fourth-order valence-electron chi connectivity index (χ4n) is 4.73. The minimum absolute atomic E-state index is 0.0284. The van der Waals surface area contributed by atoms with Crippen molar-refractivity contribution in [1.82, 2.24) is 0 Å². The third kappa shape index (κ3) is 3.30. The molecule has 3 aliphatic rings. The molecule has 0 nitrogen and oxygen atoms in total. The van der Waals surface area contributed by atoms with Crippen LogP contribution in [0.2, 0.25) is 0 Å². The summed E-state index contributed by atoms with van der Waals surface area (Å²) in [5, 5.41) is 0. The molecule has 2 aromatic carbocycles. The third-order valence-corrected chi connectivity index (χ3v) is 6.29. The lowest BCUT2D eigenvalue weighted by Gasteiger charge is -2.14. The van der Waals surface area contributed by atoms with Crippen LogP contribution in [0.25, 0.3) is 6.08 Å². The van der Waals surface area contributed by atoms with Crippen LogP contribution in [0.15, 0.2) is 83.2 Å². The van der Waals surface area contributed by atoms with E-state index in [0.29, 0.717) is 12.3 Å². The zero-order valence-corrected chi connectivity index (χ0v) is 16.3. The van der Waals surface area contributed by atoms with Crippen molar-refractivity contribution >= 4 is 6.08 Å². The van der Waals surface area contributed by atoms with Crippen molar-refractivity contribution in [2.45, 2.75) is 44.9 Å². The summed E-state index contributed by atoms with van der Waals surface area (Å²) in [6, 6.07) is 15.7. The molecule has 0 fully saturated rings. The van der Waals surface area contributed by atoms with E-state index in [1.165, 1.54) is 39.0 Å². The topological polar surface area (TPSA) is 0 Å². The number of allylic oxidation sites excluding steroid dienone is 7. The largest absolute Gasteiger partial charge is 0.212 e. The average Bonchev–Trinajstić information content (AvgIpc) is 3.26. The van der Waals surface area contributed by atoms with Crippen LogP contribution in [-0.2, 0) is 12.8 Å². The first kappa shape index (κ1) is 17.4. The first-order valence-corrected chi connectivity index (χ1v) is 10.3. The maximum atomic E-state index is 13.8. The Morgan fingerprint density at radius 2 is 1.79 bits per heavy atom. The highest BCUT2D eigenvalue weighted by Gasteiger charge is 2.20. The molecule has 0 N–H and O–H groups in total. The Balaban J connectivity index is 1.34. The molecular formula is C27H25F. The van der Waals surface area contributed by atoms with Gasteiger partial charge in [-0.05, 0) is 76.6 Å². The number of fused-ring (bicyclic) bond motifs is 1. The highest BCUT2D eigenvalue weighted by atomic mass is 19.1. The Hall–Kier alpha value is -2.67. The van der Waals surface area contributed by atoms with Crippen molar-refractivity contribution in [2.75, 3.05) is 0 Å². The van der Waals surface area contributed by atoms with Crippen LogP contribution in [0.5, 0.6) is 0 Å². The van der Waals surface area contributed by atoms with Gasteiger partial charge in [0.25, 0.3) is 0 Å². The molecule has 0 bridgehead atoms. The minimum atomic E-state index is 0.0284. The number of hydrogen-bond donors (Lipinski definition) is 0. The lowest BCUT2D eigenvalue weighted by molar-refractivity contribution is 0.578. The molecule has 3 aliphatic carbocycles. The Morgan fingerprint density at radius 1 is 0.964 bits per heavy atom. The van der Waals surface area contributed by atoms with Gasteiger partial charge in [0.15, 0.2) is 0 Å². The normalized spacial score (nSPS) is 20.1. The summed E-state index contributed by atoms with van der Waals surface area (Å²) >= 11 is 0. The van der Waals surface area contributed by atoms with Crippen molar-refractivity contribution in [3.8, 4) is 0 Å². The van der Waals surface area contributed by atoms with Gasteiger partial charge in [0, 0.05) is 6.42 Å². The van der Waals surface area contributed by atoms with Gasteiger partial charge in [0.1, 0.15) is 5.83 Å².